The van der Waals surface area contributed by atoms with Crippen LogP contribution in [0.25, 0.3) is 11.3 Å². The maximum atomic E-state index is 12.7. The van der Waals surface area contributed by atoms with Crippen molar-refractivity contribution in [3.63, 3.8) is 0 Å². The Bertz CT molecular complexity index is 1310. The number of aromatic nitrogens is 3. The first-order valence-electron chi connectivity index (χ1n) is 10.5. The first-order valence-corrected chi connectivity index (χ1v) is 10.5. The predicted octanol–water partition coefficient (Wildman–Crippen LogP) is 4.70. The summed E-state index contributed by atoms with van der Waals surface area (Å²) in [6, 6.07) is 19.9. The van der Waals surface area contributed by atoms with Crippen LogP contribution in [0.5, 0.6) is 0 Å². The van der Waals surface area contributed by atoms with E-state index in [0.29, 0.717) is 35.6 Å². The maximum absolute atomic E-state index is 12.7. The summed E-state index contributed by atoms with van der Waals surface area (Å²) in [7, 11) is 0. The van der Waals surface area contributed by atoms with Crippen LogP contribution in [0, 0.1) is 0 Å². The van der Waals surface area contributed by atoms with Crippen molar-refractivity contribution >= 4 is 35.2 Å². The topological polar surface area (TPSA) is 109 Å². The SMILES string of the molecule is C=C(C=O)CNc1ccc(C(=O)Nc2cccc(Nc3nccc(-c4cccnc4)n3)c2)cc1. The van der Waals surface area contributed by atoms with E-state index in [1.165, 1.54) is 0 Å². The molecule has 0 aliphatic carbocycles. The average molecular weight is 451 g/mol. The molecule has 0 spiro atoms. The molecule has 4 aromatic rings. The van der Waals surface area contributed by atoms with Gasteiger partial charge in [0.05, 0.1) is 5.69 Å². The summed E-state index contributed by atoms with van der Waals surface area (Å²) in [5.41, 5.74) is 4.75. The Morgan fingerprint density at radius 3 is 2.53 bits per heavy atom. The van der Waals surface area contributed by atoms with Crippen molar-refractivity contribution in [1.82, 2.24) is 15.0 Å². The minimum absolute atomic E-state index is 0.240. The second kappa shape index (κ2) is 10.6. The molecule has 2 aromatic carbocycles. The van der Waals surface area contributed by atoms with Gasteiger partial charge in [-0.25, -0.2) is 9.97 Å². The van der Waals surface area contributed by atoms with E-state index < -0.39 is 0 Å². The number of hydrogen-bond acceptors (Lipinski definition) is 7. The zero-order valence-electron chi connectivity index (χ0n) is 18.2. The molecular weight excluding hydrogens is 428 g/mol. The molecule has 2 aromatic heterocycles. The van der Waals surface area contributed by atoms with Crippen LogP contribution in [0.1, 0.15) is 10.4 Å². The highest BCUT2D eigenvalue weighted by molar-refractivity contribution is 6.04. The first-order chi connectivity index (χ1) is 16.6. The fourth-order valence-corrected chi connectivity index (χ4v) is 3.10. The van der Waals surface area contributed by atoms with Gasteiger partial charge in [-0.3, -0.25) is 14.6 Å². The van der Waals surface area contributed by atoms with Gasteiger partial charge in [0.1, 0.15) is 6.29 Å². The number of aldehydes is 1. The minimum atomic E-state index is -0.240. The van der Waals surface area contributed by atoms with Gasteiger partial charge in [0.2, 0.25) is 5.95 Å². The number of rotatable bonds is 9. The molecule has 0 saturated heterocycles. The number of benzene rings is 2. The molecule has 0 radical (unpaired) electrons. The smallest absolute Gasteiger partial charge is 0.255 e. The molecule has 0 aliphatic rings. The summed E-state index contributed by atoms with van der Waals surface area (Å²) in [6.45, 7) is 3.97. The van der Waals surface area contributed by atoms with Crippen molar-refractivity contribution in [2.75, 3.05) is 22.5 Å². The third-order valence-electron chi connectivity index (χ3n) is 4.82. The number of nitrogens with one attached hydrogen (secondary N) is 3. The molecule has 34 heavy (non-hydrogen) atoms. The largest absolute Gasteiger partial charge is 0.381 e. The molecule has 168 valence electrons. The summed E-state index contributed by atoms with van der Waals surface area (Å²) in [4.78, 5) is 36.2. The van der Waals surface area contributed by atoms with Crippen molar-refractivity contribution in [1.29, 1.82) is 0 Å². The Hall–Kier alpha value is -4.85. The van der Waals surface area contributed by atoms with E-state index >= 15 is 0 Å². The average Bonchev–Trinajstić information content (AvgIpc) is 2.88. The number of amides is 1. The molecule has 0 fully saturated rings. The molecule has 0 atom stereocenters. The lowest BCUT2D eigenvalue weighted by atomic mass is 10.1. The van der Waals surface area contributed by atoms with E-state index in [2.05, 4.69) is 37.5 Å². The molecule has 4 rings (SSSR count). The number of nitrogens with zero attached hydrogens (tertiary/aromatic N) is 3. The van der Waals surface area contributed by atoms with Crippen molar-refractivity contribution in [2.45, 2.75) is 0 Å². The van der Waals surface area contributed by atoms with Crippen LogP contribution < -0.4 is 16.0 Å². The Labute approximate surface area is 196 Å². The van der Waals surface area contributed by atoms with Gasteiger partial charge in [-0.05, 0) is 60.7 Å². The number of carbonyl (C=O) groups is 2. The van der Waals surface area contributed by atoms with Crippen molar-refractivity contribution in [3.8, 4) is 11.3 Å². The van der Waals surface area contributed by atoms with Gasteiger partial charge in [0.15, 0.2) is 0 Å². The summed E-state index contributed by atoms with van der Waals surface area (Å²) >= 11 is 0. The third kappa shape index (κ3) is 5.89. The zero-order valence-corrected chi connectivity index (χ0v) is 18.2. The fourth-order valence-electron chi connectivity index (χ4n) is 3.10. The summed E-state index contributed by atoms with van der Waals surface area (Å²) in [5.74, 6) is 0.195. The van der Waals surface area contributed by atoms with Crippen LogP contribution >= 0.6 is 0 Å². The second-order valence-corrected chi connectivity index (χ2v) is 7.37. The molecule has 0 aliphatic heterocycles. The Balaban J connectivity index is 1.40. The molecule has 0 unspecified atom stereocenters. The maximum Gasteiger partial charge on any atom is 0.255 e. The fraction of sp³-hybridized carbons (Fsp3) is 0.0385. The lowest BCUT2D eigenvalue weighted by Gasteiger charge is -2.10. The van der Waals surface area contributed by atoms with Crippen molar-refractivity contribution < 1.29 is 9.59 Å². The van der Waals surface area contributed by atoms with Crippen LogP contribution in [0.4, 0.5) is 23.0 Å². The van der Waals surface area contributed by atoms with Crippen LogP contribution in [0.2, 0.25) is 0 Å². The zero-order chi connectivity index (χ0) is 23.8. The highest BCUT2D eigenvalue weighted by Crippen LogP contribution is 2.21. The number of carbonyl (C=O) groups excluding carboxylic acids is 2. The predicted molar refractivity (Wildman–Crippen MR) is 133 cm³/mol. The Morgan fingerprint density at radius 2 is 1.76 bits per heavy atom. The van der Waals surface area contributed by atoms with Gasteiger partial charge in [-0.2, -0.15) is 0 Å². The highest BCUT2D eigenvalue weighted by atomic mass is 16.1. The summed E-state index contributed by atoms with van der Waals surface area (Å²) in [6.07, 6.45) is 5.84. The molecule has 0 bridgehead atoms. The Morgan fingerprint density at radius 1 is 0.941 bits per heavy atom. The van der Waals surface area contributed by atoms with E-state index in [9.17, 15) is 9.59 Å². The molecule has 3 N–H and O–H groups in total. The summed E-state index contributed by atoms with van der Waals surface area (Å²) < 4.78 is 0. The van der Waals surface area contributed by atoms with Gasteiger partial charge < -0.3 is 16.0 Å². The van der Waals surface area contributed by atoms with Crippen molar-refractivity contribution in [2.24, 2.45) is 0 Å². The van der Waals surface area contributed by atoms with Gasteiger partial charge in [-0.1, -0.05) is 12.6 Å². The van der Waals surface area contributed by atoms with Crippen LogP contribution in [0.15, 0.2) is 97.5 Å². The number of hydrogen-bond donors (Lipinski definition) is 3. The van der Waals surface area contributed by atoms with Gasteiger partial charge in [0, 0.05) is 58.9 Å². The first kappa shape index (κ1) is 22.3. The normalized spacial score (nSPS) is 10.2. The second-order valence-electron chi connectivity index (χ2n) is 7.37. The molecule has 8 nitrogen and oxygen atoms in total. The lowest BCUT2D eigenvalue weighted by Crippen LogP contribution is -2.12. The quantitative estimate of drug-likeness (QED) is 0.250. The molecule has 8 heteroatoms. The van der Waals surface area contributed by atoms with Crippen LogP contribution in [-0.4, -0.2) is 33.7 Å². The molecule has 1 amide bonds. The van der Waals surface area contributed by atoms with Gasteiger partial charge in [-0.15, -0.1) is 0 Å². The molecule has 0 saturated carbocycles. The number of pyridine rings is 1. The van der Waals surface area contributed by atoms with Crippen LogP contribution in [-0.2, 0) is 4.79 Å². The van der Waals surface area contributed by atoms with E-state index in [4.69, 9.17) is 0 Å². The standard InChI is InChI=1S/C26H22N6O2/c1-18(17-33)15-29-21-9-7-19(8-10-21)25(34)30-22-5-2-6-23(14-22)31-26-28-13-11-24(32-26)20-4-3-12-27-16-20/h2-14,16-17,29H,1,15H2,(H,30,34)(H,28,31,32). The van der Waals surface area contributed by atoms with Gasteiger partial charge in [0.25, 0.3) is 5.91 Å². The van der Waals surface area contributed by atoms with E-state index in [0.717, 1.165) is 22.6 Å². The van der Waals surface area contributed by atoms with Crippen LogP contribution in [0.3, 0.4) is 0 Å². The lowest BCUT2D eigenvalue weighted by molar-refractivity contribution is -0.104. The highest BCUT2D eigenvalue weighted by Gasteiger charge is 2.08. The van der Waals surface area contributed by atoms with Crippen molar-refractivity contribution in [3.05, 3.63) is 103 Å². The van der Waals surface area contributed by atoms with Gasteiger partial charge >= 0.3 is 0 Å². The minimum Gasteiger partial charge on any atom is -0.381 e. The third-order valence-corrected chi connectivity index (χ3v) is 4.82. The number of anilines is 4. The van der Waals surface area contributed by atoms with E-state index in [1.807, 2.05) is 30.3 Å². The van der Waals surface area contributed by atoms with E-state index in [1.54, 1.807) is 55.0 Å². The molecular formula is C26H22N6O2. The van der Waals surface area contributed by atoms with E-state index in [-0.39, 0.29) is 5.91 Å². The molecule has 2 heterocycles. The Kier molecular flexibility index (Phi) is 7.00. The monoisotopic (exact) mass is 450 g/mol. The summed E-state index contributed by atoms with van der Waals surface area (Å²) in [5, 5.41) is 9.13.